The van der Waals surface area contributed by atoms with Crippen molar-refractivity contribution in [3.05, 3.63) is 314 Å². The van der Waals surface area contributed by atoms with Crippen molar-refractivity contribution in [2.75, 3.05) is 9.80 Å². The Hall–Kier alpha value is -11.4. The predicted octanol–water partition coefficient (Wildman–Crippen LogP) is 20.1. The summed E-state index contributed by atoms with van der Waals surface area (Å²) in [5, 5.41) is 12.3. The van der Waals surface area contributed by atoms with Crippen molar-refractivity contribution >= 4 is 79.0 Å². The summed E-state index contributed by atoms with van der Waals surface area (Å²) in [4.78, 5) is 4.96. The molecule has 16 rings (SSSR count). The van der Waals surface area contributed by atoms with Crippen LogP contribution in [0.25, 0.3) is 94.3 Å². The van der Waals surface area contributed by atoms with E-state index in [2.05, 4.69) is 263 Å². The highest BCUT2D eigenvalue weighted by atomic mass is 19.4. The number of aryl methyl sites for hydroxylation is 1. The minimum absolute atomic E-state index is 0.154. The summed E-state index contributed by atoms with van der Waals surface area (Å²) in [6, 6.07) is 105. The van der Waals surface area contributed by atoms with Crippen LogP contribution in [0, 0.1) is 18.3 Å². The largest absolute Gasteiger partial charge is 0.416 e. The average molecular weight is 1150 g/mol. The third kappa shape index (κ3) is 9.09. The molecule has 0 amide bonds. The molecule has 0 unspecified atom stereocenters. The van der Waals surface area contributed by atoms with Crippen molar-refractivity contribution in [3.63, 3.8) is 0 Å². The number of hydrogen-bond donors (Lipinski definition) is 0. The molecule has 8 heteroatoms. The van der Waals surface area contributed by atoms with Crippen molar-refractivity contribution in [1.82, 2.24) is 4.57 Å². The molecule has 0 saturated carbocycles. The number of nitrogens with zero attached hydrogens (tertiary/aromatic N) is 4. The van der Waals surface area contributed by atoms with Crippen molar-refractivity contribution in [2.24, 2.45) is 0 Å². The Labute approximate surface area is 514 Å². The molecule has 420 valence electrons. The van der Waals surface area contributed by atoms with Crippen LogP contribution in [0.2, 0.25) is 0 Å². The van der Waals surface area contributed by atoms with Gasteiger partial charge in [0.1, 0.15) is 0 Å². The van der Waals surface area contributed by atoms with Gasteiger partial charge in [0.2, 0.25) is 0 Å². The molecule has 0 spiro atoms. The fourth-order valence-corrected chi connectivity index (χ4v) is 13.8. The Morgan fingerprint density at radius 1 is 0.348 bits per heavy atom. The van der Waals surface area contributed by atoms with Crippen LogP contribution in [0.15, 0.2) is 297 Å². The molecule has 0 saturated heterocycles. The van der Waals surface area contributed by atoms with Crippen molar-refractivity contribution in [1.29, 1.82) is 5.26 Å². The molecule has 89 heavy (non-hydrogen) atoms. The highest BCUT2D eigenvalue weighted by Gasteiger charge is 2.44. The summed E-state index contributed by atoms with van der Waals surface area (Å²) < 4.78 is 46.3. The van der Waals surface area contributed by atoms with E-state index in [0.29, 0.717) is 22.4 Å². The monoisotopic (exact) mass is 1150 g/mol. The fraction of sp³-hybridized carbons (Fsp3) is 0.0247. The third-order valence-corrected chi connectivity index (χ3v) is 17.8. The second-order valence-electron chi connectivity index (χ2n) is 23.1. The van der Waals surface area contributed by atoms with Gasteiger partial charge in [-0.15, -0.1) is 0 Å². The summed E-state index contributed by atoms with van der Waals surface area (Å²) in [6.45, 7) is 1.72. The molecule has 2 aliphatic heterocycles. The van der Waals surface area contributed by atoms with Crippen LogP contribution in [0.4, 0.5) is 47.3 Å². The highest BCUT2D eigenvalue weighted by molar-refractivity contribution is 7.00. The zero-order chi connectivity index (χ0) is 59.9. The lowest BCUT2D eigenvalue weighted by Gasteiger charge is -2.44. The zero-order valence-electron chi connectivity index (χ0n) is 48.3. The number of nitriles is 1. The average Bonchev–Trinajstić information content (AvgIpc) is 1.07. The maximum Gasteiger partial charge on any atom is 0.416 e. The summed E-state index contributed by atoms with van der Waals surface area (Å²) in [7, 11) is 0. The van der Waals surface area contributed by atoms with E-state index in [0.717, 1.165) is 123 Å². The highest BCUT2D eigenvalue weighted by Crippen LogP contribution is 2.50. The quantitative estimate of drug-likeness (QED) is 0.135. The first-order valence-corrected chi connectivity index (χ1v) is 29.9. The molecule has 0 radical (unpaired) electrons. The Morgan fingerprint density at radius 3 is 1.31 bits per heavy atom. The molecule has 3 heterocycles. The van der Waals surface area contributed by atoms with Gasteiger partial charge in [0, 0.05) is 56.0 Å². The molecule has 2 aliphatic rings. The topological polar surface area (TPSA) is 35.2 Å². The van der Waals surface area contributed by atoms with E-state index in [4.69, 9.17) is 0 Å². The van der Waals surface area contributed by atoms with Gasteiger partial charge in [0.25, 0.3) is 6.71 Å². The van der Waals surface area contributed by atoms with E-state index in [1.54, 1.807) is 18.2 Å². The molecule has 14 aromatic rings. The normalized spacial score (nSPS) is 12.4. The maximum absolute atomic E-state index is 14.8. The third-order valence-electron chi connectivity index (χ3n) is 17.8. The van der Waals surface area contributed by atoms with Gasteiger partial charge >= 0.3 is 6.18 Å². The smallest absolute Gasteiger partial charge is 0.311 e. The minimum Gasteiger partial charge on any atom is -0.311 e. The lowest BCUT2D eigenvalue weighted by atomic mass is 9.33. The van der Waals surface area contributed by atoms with E-state index in [9.17, 15) is 18.4 Å². The molecule has 13 aromatic carbocycles. The zero-order valence-corrected chi connectivity index (χ0v) is 48.3. The van der Waals surface area contributed by atoms with E-state index in [-0.39, 0.29) is 6.71 Å². The lowest BCUT2D eigenvalue weighted by Crippen LogP contribution is -2.61. The number of halogens is 3. The Morgan fingerprint density at radius 2 is 0.809 bits per heavy atom. The lowest BCUT2D eigenvalue weighted by molar-refractivity contribution is -0.137. The van der Waals surface area contributed by atoms with Crippen LogP contribution in [0.1, 0.15) is 16.7 Å². The number of anilines is 6. The molecule has 0 N–H and O–H groups in total. The second kappa shape index (κ2) is 21.2. The van der Waals surface area contributed by atoms with Crippen molar-refractivity contribution in [2.45, 2.75) is 13.1 Å². The van der Waals surface area contributed by atoms with Crippen LogP contribution in [-0.4, -0.2) is 11.3 Å². The standard InChI is InChI=1S/C81H52BF3N4/c1-52-34-37-67(63(40-52)51-86)70-50-64(81(83,84)85)36-39-75(70)89-73-31-17-14-28-68(73)69-47-57(35-38-74(69)89)62-48-78-80-79(49-62)88(66-45-60(55-24-10-4-11-25-55)42-61(46-66)56-26-12-5-13-27-56)77-33-19-16-30-72(77)82(80)71-29-15-18-32-76(71)87(78)65-43-58(53-20-6-2-7-21-53)41-59(44-65)54-22-8-3-9-23-54/h2-50H,1H3. The number of para-hydroxylation sites is 3. The Balaban J connectivity index is 0.986. The number of fused-ring (bicyclic) bond motifs is 7. The molecule has 0 bridgehead atoms. The summed E-state index contributed by atoms with van der Waals surface area (Å²) in [6.07, 6.45) is -4.62. The minimum atomic E-state index is -4.62. The van der Waals surface area contributed by atoms with Crippen LogP contribution in [-0.2, 0) is 6.18 Å². The van der Waals surface area contributed by atoms with Gasteiger partial charge in [-0.3, -0.25) is 0 Å². The van der Waals surface area contributed by atoms with Gasteiger partial charge in [0.05, 0.1) is 33.9 Å². The first-order valence-electron chi connectivity index (χ1n) is 29.9. The molecular formula is C81H52BF3N4. The molecule has 4 nitrogen and oxygen atoms in total. The van der Waals surface area contributed by atoms with E-state index < -0.39 is 11.7 Å². The molecule has 0 fully saturated rings. The predicted molar refractivity (Wildman–Crippen MR) is 362 cm³/mol. The van der Waals surface area contributed by atoms with Gasteiger partial charge < -0.3 is 14.4 Å². The number of aromatic nitrogens is 1. The van der Waals surface area contributed by atoms with Gasteiger partial charge in [-0.2, -0.15) is 18.4 Å². The molecular weight excluding hydrogens is 1100 g/mol. The van der Waals surface area contributed by atoms with Gasteiger partial charge in [-0.05, 0) is 188 Å². The Bertz CT molecular complexity index is 4850. The summed E-state index contributed by atoms with van der Waals surface area (Å²) in [5.41, 5.74) is 23.8. The number of benzene rings is 13. The molecule has 0 atom stereocenters. The van der Waals surface area contributed by atoms with Crippen LogP contribution >= 0.6 is 0 Å². The fourth-order valence-electron chi connectivity index (χ4n) is 13.8. The number of hydrogen-bond acceptors (Lipinski definition) is 3. The van der Waals surface area contributed by atoms with E-state index in [1.165, 1.54) is 22.5 Å². The van der Waals surface area contributed by atoms with Crippen LogP contribution in [0.5, 0.6) is 0 Å². The van der Waals surface area contributed by atoms with Crippen LogP contribution < -0.4 is 26.2 Å². The Kier molecular flexibility index (Phi) is 12.7. The van der Waals surface area contributed by atoms with Crippen molar-refractivity contribution in [3.8, 4) is 78.5 Å². The number of rotatable bonds is 9. The summed E-state index contributed by atoms with van der Waals surface area (Å²) in [5.74, 6) is 0. The summed E-state index contributed by atoms with van der Waals surface area (Å²) >= 11 is 0. The first kappa shape index (κ1) is 53.1. The van der Waals surface area contributed by atoms with Crippen molar-refractivity contribution < 1.29 is 13.2 Å². The van der Waals surface area contributed by atoms with E-state index >= 15 is 0 Å². The maximum atomic E-state index is 14.8. The first-order chi connectivity index (χ1) is 43.6. The molecule has 1 aromatic heterocycles. The van der Waals surface area contributed by atoms with Gasteiger partial charge in [-0.1, -0.05) is 194 Å². The second-order valence-corrected chi connectivity index (χ2v) is 23.1. The van der Waals surface area contributed by atoms with Crippen LogP contribution in [0.3, 0.4) is 0 Å². The molecule has 0 aliphatic carbocycles. The van der Waals surface area contributed by atoms with E-state index in [1.807, 2.05) is 31.2 Å². The van der Waals surface area contributed by atoms with Gasteiger partial charge in [-0.25, -0.2) is 0 Å². The SMILES string of the molecule is Cc1ccc(-c2cc(C(F)(F)F)ccc2-n2c3ccccc3c3cc(-c4cc5c6c(c4)N(c4cc(-c7ccccc7)cc(-c7ccccc7)c4)c4ccccc4B6c4ccccc4N5c4cc(-c5ccccc5)cc(-c5ccccc5)c4)ccc32)c(C#N)c1. The van der Waals surface area contributed by atoms with Gasteiger partial charge in [0.15, 0.2) is 0 Å². The number of alkyl halides is 3.